The second-order valence-electron chi connectivity index (χ2n) is 1.89. The summed E-state index contributed by atoms with van der Waals surface area (Å²) < 4.78 is 0. The molecule has 56 valence electrons. The van der Waals surface area contributed by atoms with E-state index < -0.39 is 0 Å². The Bertz CT molecular complexity index is 61.3. The molecule has 0 saturated carbocycles. The fourth-order valence-corrected chi connectivity index (χ4v) is 0.787. The van der Waals surface area contributed by atoms with Gasteiger partial charge in [0.2, 0.25) is 0 Å². The number of rotatable bonds is 4. The third kappa shape index (κ3) is 2.79. The minimum absolute atomic E-state index is 0.877. The van der Waals surface area contributed by atoms with Crippen LogP contribution in [0.3, 0.4) is 0 Å². The standard InChI is InChI=1S/C6H17N3/c1-4-8(5-2)9(7)6-3/h4-7H2,1-3H3. The first-order chi connectivity index (χ1) is 4.26. The number of hydrogen-bond donors (Lipinski definition) is 1. The van der Waals surface area contributed by atoms with E-state index in [1.807, 2.05) is 6.92 Å². The summed E-state index contributed by atoms with van der Waals surface area (Å²) in [4.78, 5) is 0. The maximum absolute atomic E-state index is 5.60. The monoisotopic (exact) mass is 131 g/mol. The Morgan fingerprint density at radius 2 is 1.44 bits per heavy atom. The molecule has 0 fully saturated rings. The predicted octanol–water partition coefficient (Wildman–Crippen LogP) is 0.439. The van der Waals surface area contributed by atoms with Crippen molar-refractivity contribution in [2.75, 3.05) is 19.6 Å². The van der Waals surface area contributed by atoms with Gasteiger partial charge >= 0.3 is 0 Å². The molecule has 0 aromatic carbocycles. The van der Waals surface area contributed by atoms with Crippen molar-refractivity contribution in [3.05, 3.63) is 0 Å². The number of hydrogen-bond acceptors (Lipinski definition) is 3. The molecule has 0 bridgehead atoms. The Hall–Kier alpha value is -0.120. The second-order valence-corrected chi connectivity index (χ2v) is 1.89. The van der Waals surface area contributed by atoms with Crippen LogP contribution in [0.4, 0.5) is 0 Å². The predicted molar refractivity (Wildman–Crippen MR) is 39.5 cm³/mol. The molecule has 0 aliphatic rings. The number of nitrogens with zero attached hydrogens (tertiary/aromatic N) is 2. The van der Waals surface area contributed by atoms with Crippen molar-refractivity contribution in [2.45, 2.75) is 20.8 Å². The van der Waals surface area contributed by atoms with Crippen LogP contribution >= 0.6 is 0 Å². The highest BCUT2D eigenvalue weighted by Gasteiger charge is 2.02. The molecule has 0 aromatic heterocycles. The van der Waals surface area contributed by atoms with E-state index in [1.54, 1.807) is 5.12 Å². The van der Waals surface area contributed by atoms with Crippen LogP contribution in [0.5, 0.6) is 0 Å². The van der Waals surface area contributed by atoms with Gasteiger partial charge in [0, 0.05) is 19.6 Å². The summed E-state index contributed by atoms with van der Waals surface area (Å²) >= 11 is 0. The zero-order valence-electron chi connectivity index (χ0n) is 6.59. The van der Waals surface area contributed by atoms with Crippen LogP contribution < -0.4 is 5.84 Å². The maximum Gasteiger partial charge on any atom is 0.0259 e. The normalized spacial score (nSPS) is 11.3. The third-order valence-corrected chi connectivity index (χ3v) is 1.42. The van der Waals surface area contributed by atoms with Crippen molar-refractivity contribution in [3.63, 3.8) is 0 Å². The first-order valence-corrected chi connectivity index (χ1v) is 3.53. The molecule has 0 aliphatic heterocycles. The maximum atomic E-state index is 5.60. The van der Waals surface area contributed by atoms with Crippen LogP contribution in [0.2, 0.25) is 0 Å². The topological polar surface area (TPSA) is 32.5 Å². The Morgan fingerprint density at radius 1 is 1.00 bits per heavy atom. The van der Waals surface area contributed by atoms with E-state index in [9.17, 15) is 0 Å². The number of hydrazine groups is 2. The summed E-state index contributed by atoms with van der Waals surface area (Å²) in [6, 6.07) is 0. The molecule has 3 nitrogen and oxygen atoms in total. The highest BCUT2D eigenvalue weighted by atomic mass is 15.7. The lowest BCUT2D eigenvalue weighted by Crippen LogP contribution is -2.46. The first kappa shape index (κ1) is 8.88. The molecular formula is C6H17N3. The molecule has 0 atom stereocenters. The number of nitrogens with two attached hydrogens (primary N) is 1. The molecule has 0 heterocycles. The third-order valence-electron chi connectivity index (χ3n) is 1.42. The molecular weight excluding hydrogens is 114 g/mol. The second kappa shape index (κ2) is 4.73. The van der Waals surface area contributed by atoms with Gasteiger partial charge in [-0.15, -0.1) is 0 Å². The van der Waals surface area contributed by atoms with Crippen LogP contribution in [0, 0.1) is 0 Å². The van der Waals surface area contributed by atoms with Gasteiger partial charge in [-0.2, -0.15) is 5.12 Å². The van der Waals surface area contributed by atoms with Gasteiger partial charge in [0.15, 0.2) is 0 Å². The molecule has 0 rings (SSSR count). The van der Waals surface area contributed by atoms with Crippen LogP contribution in [0.25, 0.3) is 0 Å². The van der Waals surface area contributed by atoms with E-state index in [0.29, 0.717) is 0 Å². The molecule has 0 amide bonds. The fourth-order valence-electron chi connectivity index (χ4n) is 0.787. The summed E-state index contributed by atoms with van der Waals surface area (Å²) in [7, 11) is 0. The van der Waals surface area contributed by atoms with E-state index >= 15 is 0 Å². The summed E-state index contributed by atoms with van der Waals surface area (Å²) in [6.07, 6.45) is 0. The van der Waals surface area contributed by atoms with E-state index in [-0.39, 0.29) is 0 Å². The zero-order valence-corrected chi connectivity index (χ0v) is 6.59. The lowest BCUT2D eigenvalue weighted by Gasteiger charge is -2.27. The van der Waals surface area contributed by atoms with Crippen molar-refractivity contribution < 1.29 is 0 Å². The average Bonchev–Trinajstić information content (AvgIpc) is 1.90. The van der Waals surface area contributed by atoms with Gasteiger partial charge in [-0.05, 0) is 6.92 Å². The molecule has 0 unspecified atom stereocenters. The van der Waals surface area contributed by atoms with Crippen LogP contribution in [-0.4, -0.2) is 29.8 Å². The fraction of sp³-hybridized carbons (Fsp3) is 1.00. The summed E-state index contributed by atoms with van der Waals surface area (Å²) in [5.74, 6) is 5.60. The van der Waals surface area contributed by atoms with Crippen molar-refractivity contribution in [3.8, 4) is 0 Å². The smallest absolute Gasteiger partial charge is 0.0259 e. The summed E-state index contributed by atoms with van der Waals surface area (Å²) in [5.41, 5.74) is 0. The summed E-state index contributed by atoms with van der Waals surface area (Å²) in [6.45, 7) is 9.08. The Morgan fingerprint density at radius 3 is 1.56 bits per heavy atom. The van der Waals surface area contributed by atoms with Gasteiger partial charge in [0.25, 0.3) is 0 Å². The molecule has 9 heavy (non-hydrogen) atoms. The largest absolute Gasteiger partial charge is 0.255 e. The minimum atomic E-state index is 0.877. The van der Waals surface area contributed by atoms with Crippen molar-refractivity contribution >= 4 is 0 Å². The van der Waals surface area contributed by atoms with Gasteiger partial charge in [0.1, 0.15) is 0 Å². The summed E-state index contributed by atoms with van der Waals surface area (Å²) in [5, 5.41) is 3.82. The molecule has 0 spiro atoms. The average molecular weight is 131 g/mol. The first-order valence-electron chi connectivity index (χ1n) is 3.53. The van der Waals surface area contributed by atoms with E-state index in [4.69, 9.17) is 5.84 Å². The van der Waals surface area contributed by atoms with Crippen molar-refractivity contribution in [2.24, 2.45) is 5.84 Å². The zero-order chi connectivity index (χ0) is 7.28. The SMILES string of the molecule is CCN(N)N(CC)CC. The van der Waals surface area contributed by atoms with Crippen molar-refractivity contribution in [1.82, 2.24) is 10.1 Å². The van der Waals surface area contributed by atoms with Crippen LogP contribution in [-0.2, 0) is 0 Å². The molecule has 0 aromatic rings. The molecule has 0 saturated heterocycles. The van der Waals surface area contributed by atoms with Gasteiger partial charge in [-0.3, -0.25) is 5.84 Å². The lowest BCUT2D eigenvalue weighted by atomic mass is 10.6. The molecule has 0 radical (unpaired) electrons. The van der Waals surface area contributed by atoms with Gasteiger partial charge < -0.3 is 0 Å². The molecule has 3 heteroatoms. The van der Waals surface area contributed by atoms with E-state index in [1.165, 1.54) is 0 Å². The van der Waals surface area contributed by atoms with E-state index in [0.717, 1.165) is 19.6 Å². The Kier molecular flexibility index (Phi) is 4.67. The van der Waals surface area contributed by atoms with Crippen molar-refractivity contribution in [1.29, 1.82) is 0 Å². The highest BCUT2D eigenvalue weighted by Crippen LogP contribution is 1.88. The molecule has 0 aliphatic carbocycles. The lowest BCUT2D eigenvalue weighted by molar-refractivity contribution is -0.0127. The van der Waals surface area contributed by atoms with Crippen LogP contribution in [0.1, 0.15) is 20.8 Å². The minimum Gasteiger partial charge on any atom is -0.255 e. The van der Waals surface area contributed by atoms with Gasteiger partial charge in [-0.25, -0.2) is 5.01 Å². The van der Waals surface area contributed by atoms with Gasteiger partial charge in [-0.1, -0.05) is 13.8 Å². The highest BCUT2D eigenvalue weighted by molar-refractivity contribution is 4.42. The molecule has 2 N–H and O–H groups in total. The van der Waals surface area contributed by atoms with Gasteiger partial charge in [0.05, 0.1) is 0 Å². The Balaban J connectivity index is 3.50. The quantitative estimate of drug-likeness (QED) is 0.444. The van der Waals surface area contributed by atoms with E-state index in [2.05, 4.69) is 18.9 Å². The van der Waals surface area contributed by atoms with Crippen LogP contribution in [0.15, 0.2) is 0 Å². The Labute approximate surface area is 57.4 Å².